The summed E-state index contributed by atoms with van der Waals surface area (Å²) in [5.74, 6) is 2.63. The molecule has 0 aliphatic rings. The number of imidazole rings is 1. The molecule has 5 nitrogen and oxygen atoms in total. The van der Waals surface area contributed by atoms with Gasteiger partial charge in [-0.15, -0.1) is 12.3 Å². The van der Waals surface area contributed by atoms with Crippen LogP contribution in [0, 0.1) is 17.8 Å². The average molecular weight is 339 g/mol. The lowest BCUT2D eigenvalue weighted by molar-refractivity contribution is 0.653. The Bertz CT molecular complexity index is 892. The minimum atomic E-state index is 0.192. The van der Waals surface area contributed by atoms with Gasteiger partial charge in [-0.25, -0.2) is 9.97 Å². The maximum atomic E-state index is 7.97. The first-order valence-corrected chi connectivity index (χ1v) is 8.47. The molecule has 0 unspecified atom stereocenters. The standard InChI is InChI=1S/C18H21N5S/c1-5-7-8-11-23-12-20-16(19)15-17(23)22-18(21-15)24-14(6-2)10-9-13(3)4/h1,6,9-10,12,19H,3,7-8,11H2,2,4H3,(H,21,22)/b10-9-,14-6-,19-16?. The zero-order valence-electron chi connectivity index (χ0n) is 14.0. The van der Waals surface area contributed by atoms with Crippen molar-refractivity contribution in [3.63, 3.8) is 0 Å². The first-order valence-electron chi connectivity index (χ1n) is 7.66. The van der Waals surface area contributed by atoms with Gasteiger partial charge in [0.2, 0.25) is 0 Å². The summed E-state index contributed by atoms with van der Waals surface area (Å²) in [4.78, 5) is 13.0. The highest BCUT2D eigenvalue weighted by Gasteiger charge is 2.10. The molecular weight excluding hydrogens is 318 g/mol. The molecule has 2 aromatic rings. The summed E-state index contributed by atoms with van der Waals surface area (Å²) >= 11 is 1.51. The van der Waals surface area contributed by atoms with Crippen LogP contribution in [0.3, 0.4) is 0 Å². The zero-order valence-corrected chi connectivity index (χ0v) is 14.8. The van der Waals surface area contributed by atoms with Gasteiger partial charge in [0, 0.05) is 17.9 Å². The molecule has 0 fully saturated rings. The molecule has 0 aliphatic carbocycles. The number of thioether (sulfide) groups is 1. The van der Waals surface area contributed by atoms with E-state index in [1.165, 1.54) is 11.8 Å². The fourth-order valence-corrected chi connectivity index (χ4v) is 2.81. The fourth-order valence-electron chi connectivity index (χ4n) is 2.05. The Balaban J connectivity index is 2.31. The molecule has 2 rings (SSSR count). The van der Waals surface area contributed by atoms with Gasteiger partial charge in [-0.3, -0.25) is 5.41 Å². The van der Waals surface area contributed by atoms with E-state index in [0.717, 1.165) is 34.2 Å². The molecule has 0 saturated heterocycles. The predicted molar refractivity (Wildman–Crippen MR) is 99.4 cm³/mol. The van der Waals surface area contributed by atoms with Crippen molar-refractivity contribution in [2.45, 2.75) is 38.4 Å². The van der Waals surface area contributed by atoms with Gasteiger partial charge < -0.3 is 9.55 Å². The Morgan fingerprint density at radius 1 is 1.54 bits per heavy atom. The Morgan fingerprint density at radius 2 is 2.33 bits per heavy atom. The van der Waals surface area contributed by atoms with Gasteiger partial charge in [-0.1, -0.05) is 36.1 Å². The maximum absolute atomic E-state index is 7.97. The number of rotatable bonds is 7. The first-order chi connectivity index (χ1) is 11.5. The van der Waals surface area contributed by atoms with Crippen LogP contribution in [0.5, 0.6) is 0 Å². The third kappa shape index (κ3) is 4.49. The summed E-state index contributed by atoms with van der Waals surface area (Å²) < 4.78 is 1.93. The van der Waals surface area contributed by atoms with Gasteiger partial charge in [0.15, 0.2) is 16.3 Å². The molecule has 0 atom stereocenters. The van der Waals surface area contributed by atoms with E-state index in [0.29, 0.717) is 11.9 Å². The molecule has 6 heteroatoms. The second-order valence-electron chi connectivity index (χ2n) is 5.31. The molecule has 0 bridgehead atoms. The van der Waals surface area contributed by atoms with E-state index in [-0.39, 0.29) is 5.49 Å². The van der Waals surface area contributed by atoms with Gasteiger partial charge >= 0.3 is 0 Å². The highest BCUT2D eigenvalue weighted by Crippen LogP contribution is 2.26. The van der Waals surface area contributed by atoms with Gasteiger partial charge in [0.25, 0.3) is 0 Å². The van der Waals surface area contributed by atoms with E-state index in [9.17, 15) is 0 Å². The topological polar surface area (TPSA) is 70.3 Å². The van der Waals surface area contributed by atoms with Gasteiger partial charge in [0.1, 0.15) is 5.52 Å². The normalized spacial score (nSPS) is 12.0. The Hall–Kier alpha value is -2.52. The molecule has 0 aliphatic heterocycles. The molecule has 124 valence electrons. The second kappa shape index (κ2) is 8.37. The van der Waals surface area contributed by atoms with Crippen molar-refractivity contribution in [2.24, 2.45) is 0 Å². The van der Waals surface area contributed by atoms with E-state index in [1.807, 2.05) is 36.6 Å². The summed E-state index contributed by atoms with van der Waals surface area (Å²) in [7, 11) is 0. The highest BCUT2D eigenvalue weighted by molar-refractivity contribution is 8.03. The van der Waals surface area contributed by atoms with Crippen LogP contribution in [-0.2, 0) is 6.54 Å². The van der Waals surface area contributed by atoms with Gasteiger partial charge in [-0.05, 0) is 26.3 Å². The van der Waals surface area contributed by atoms with E-state index >= 15 is 0 Å². The highest BCUT2D eigenvalue weighted by atomic mass is 32.2. The lowest BCUT2D eigenvalue weighted by Gasteiger charge is -2.04. The summed E-state index contributed by atoms with van der Waals surface area (Å²) in [5, 5.41) is 8.71. The first kappa shape index (κ1) is 17.8. The number of aromatic nitrogens is 4. The Kier molecular flexibility index (Phi) is 6.21. The van der Waals surface area contributed by atoms with Crippen molar-refractivity contribution in [2.75, 3.05) is 0 Å². The van der Waals surface area contributed by atoms with E-state index in [2.05, 4.69) is 27.5 Å². The van der Waals surface area contributed by atoms with Crippen molar-refractivity contribution in [3.05, 3.63) is 47.1 Å². The number of hydrogen-bond donors (Lipinski definition) is 2. The zero-order chi connectivity index (χ0) is 17.5. The van der Waals surface area contributed by atoms with Crippen LogP contribution >= 0.6 is 11.8 Å². The Morgan fingerprint density at radius 3 is 3.00 bits per heavy atom. The smallest absolute Gasteiger partial charge is 0.173 e. The van der Waals surface area contributed by atoms with Crippen LogP contribution in [-0.4, -0.2) is 19.5 Å². The van der Waals surface area contributed by atoms with Crippen molar-refractivity contribution in [1.29, 1.82) is 5.41 Å². The number of aryl methyl sites for hydroxylation is 1. The number of H-pyrrole nitrogens is 1. The number of terminal acetylenes is 1. The molecular formula is C18H21N5S. The summed E-state index contributed by atoms with van der Waals surface area (Å²) in [6, 6.07) is 0. The quantitative estimate of drug-likeness (QED) is 0.349. The lowest BCUT2D eigenvalue weighted by atomic mass is 10.3. The minimum Gasteiger partial charge on any atom is -0.328 e. The third-order valence-electron chi connectivity index (χ3n) is 3.25. The van der Waals surface area contributed by atoms with Crippen LogP contribution in [0.25, 0.3) is 11.2 Å². The van der Waals surface area contributed by atoms with Crippen LogP contribution in [0.4, 0.5) is 0 Å². The Labute approximate surface area is 146 Å². The van der Waals surface area contributed by atoms with E-state index < -0.39 is 0 Å². The van der Waals surface area contributed by atoms with Crippen molar-refractivity contribution >= 4 is 22.9 Å². The van der Waals surface area contributed by atoms with Crippen molar-refractivity contribution in [1.82, 2.24) is 19.5 Å². The SMILES string of the molecule is C#CCCCn1cnc(=N)c2[nH]c(SC(/C=C\C(=C)C)=C\C)nc21. The fraction of sp³-hybridized carbons (Fsp3) is 0.278. The molecule has 0 amide bonds. The van der Waals surface area contributed by atoms with Gasteiger partial charge in [0.05, 0.1) is 6.33 Å². The number of nitrogens with zero attached hydrogens (tertiary/aromatic N) is 3. The van der Waals surface area contributed by atoms with Gasteiger partial charge in [-0.2, -0.15) is 0 Å². The maximum Gasteiger partial charge on any atom is 0.173 e. The molecule has 2 heterocycles. The monoisotopic (exact) mass is 339 g/mol. The second-order valence-corrected chi connectivity index (χ2v) is 6.37. The van der Waals surface area contributed by atoms with Crippen LogP contribution in [0.1, 0.15) is 26.7 Å². The minimum absolute atomic E-state index is 0.192. The lowest BCUT2D eigenvalue weighted by Crippen LogP contribution is -2.12. The summed E-state index contributed by atoms with van der Waals surface area (Å²) in [5.41, 5.74) is 2.55. The van der Waals surface area contributed by atoms with Crippen LogP contribution < -0.4 is 5.49 Å². The number of nitrogens with one attached hydrogen (secondary N) is 2. The molecule has 0 spiro atoms. The summed E-state index contributed by atoms with van der Waals surface area (Å²) in [6.45, 7) is 8.52. The molecule has 2 N–H and O–H groups in total. The number of allylic oxidation sites excluding steroid dienone is 4. The van der Waals surface area contributed by atoms with Crippen LogP contribution in [0.2, 0.25) is 0 Å². The molecule has 0 aromatic carbocycles. The van der Waals surface area contributed by atoms with Crippen molar-refractivity contribution in [3.8, 4) is 12.3 Å². The van der Waals surface area contributed by atoms with Crippen LogP contribution in [0.15, 0.2) is 46.8 Å². The largest absolute Gasteiger partial charge is 0.328 e. The molecule has 0 radical (unpaired) electrons. The van der Waals surface area contributed by atoms with E-state index in [1.54, 1.807) is 6.33 Å². The number of unbranched alkanes of at least 4 members (excludes halogenated alkanes) is 1. The predicted octanol–water partition coefficient (Wildman–Crippen LogP) is 3.78. The molecule has 0 saturated carbocycles. The number of aromatic amines is 1. The average Bonchev–Trinajstić information content (AvgIpc) is 2.98. The van der Waals surface area contributed by atoms with Crippen molar-refractivity contribution < 1.29 is 0 Å². The van der Waals surface area contributed by atoms with E-state index in [4.69, 9.17) is 11.8 Å². The third-order valence-corrected chi connectivity index (χ3v) is 4.24. The number of hydrogen-bond acceptors (Lipinski definition) is 4. The number of fused-ring (bicyclic) bond motifs is 1. The molecule has 2 aromatic heterocycles. The molecule has 24 heavy (non-hydrogen) atoms. The summed E-state index contributed by atoms with van der Waals surface area (Å²) in [6.07, 6.45) is 14.5.